The number of fused-ring (bicyclic) bond motifs is 1. The summed E-state index contributed by atoms with van der Waals surface area (Å²) >= 11 is 0. The van der Waals surface area contributed by atoms with Crippen LogP contribution in [0.25, 0.3) is 10.8 Å². The predicted octanol–water partition coefficient (Wildman–Crippen LogP) is 5.97. The molecule has 4 rings (SSSR count). The van der Waals surface area contributed by atoms with E-state index in [0.717, 1.165) is 24.3 Å². The molecule has 0 saturated carbocycles. The molecule has 9 heteroatoms. The monoisotopic (exact) mass is 458 g/mol. The van der Waals surface area contributed by atoms with Gasteiger partial charge in [0, 0.05) is 0 Å². The van der Waals surface area contributed by atoms with Crippen LogP contribution in [0.3, 0.4) is 0 Å². The number of hydrogen-bond acceptors (Lipinski definition) is 4. The normalized spacial score (nSPS) is 10.8. The van der Waals surface area contributed by atoms with E-state index in [0.29, 0.717) is 16.8 Å². The standard InChI is InChI=1S/C24H11F5O4/c25-18-7-3-14(11-20(18)27)23(30)32-15-4-1-13-10-16(5-2-12(13)9-15)33-24(31)17-6-8-19(26)22(29)21(17)28/h1-11H. The number of esters is 2. The molecule has 0 spiro atoms. The predicted molar refractivity (Wildman–Crippen MR) is 107 cm³/mol. The second kappa shape index (κ2) is 8.70. The summed E-state index contributed by atoms with van der Waals surface area (Å²) in [6.45, 7) is 0. The molecule has 0 amide bonds. The van der Waals surface area contributed by atoms with Crippen molar-refractivity contribution in [3.8, 4) is 11.5 Å². The van der Waals surface area contributed by atoms with Crippen LogP contribution in [0.15, 0.2) is 66.7 Å². The van der Waals surface area contributed by atoms with Gasteiger partial charge in [0.1, 0.15) is 11.5 Å². The zero-order valence-corrected chi connectivity index (χ0v) is 16.4. The maximum absolute atomic E-state index is 13.8. The first-order valence-corrected chi connectivity index (χ1v) is 9.29. The number of hydrogen-bond donors (Lipinski definition) is 0. The molecular weight excluding hydrogens is 447 g/mol. The van der Waals surface area contributed by atoms with Crippen molar-refractivity contribution in [3.63, 3.8) is 0 Å². The molecule has 33 heavy (non-hydrogen) atoms. The first-order chi connectivity index (χ1) is 15.7. The van der Waals surface area contributed by atoms with Crippen LogP contribution in [0.5, 0.6) is 11.5 Å². The van der Waals surface area contributed by atoms with Gasteiger partial charge >= 0.3 is 11.9 Å². The molecule has 0 aromatic heterocycles. The number of carbonyl (C=O) groups is 2. The van der Waals surface area contributed by atoms with Crippen LogP contribution in [0.1, 0.15) is 20.7 Å². The Balaban J connectivity index is 1.52. The largest absolute Gasteiger partial charge is 0.423 e. The van der Waals surface area contributed by atoms with Gasteiger partial charge in [-0.2, -0.15) is 0 Å². The molecule has 0 bridgehead atoms. The number of ether oxygens (including phenoxy) is 2. The van der Waals surface area contributed by atoms with Crippen molar-refractivity contribution in [2.75, 3.05) is 0 Å². The lowest BCUT2D eigenvalue weighted by Crippen LogP contribution is -2.12. The van der Waals surface area contributed by atoms with Crippen LogP contribution in [-0.4, -0.2) is 11.9 Å². The molecule has 0 unspecified atom stereocenters. The van der Waals surface area contributed by atoms with Gasteiger partial charge in [0.25, 0.3) is 0 Å². The van der Waals surface area contributed by atoms with E-state index in [2.05, 4.69) is 0 Å². The Morgan fingerprint density at radius 3 is 1.73 bits per heavy atom. The molecule has 0 aliphatic rings. The molecule has 4 aromatic rings. The Hall–Kier alpha value is -4.27. The van der Waals surface area contributed by atoms with Crippen molar-refractivity contribution in [1.29, 1.82) is 0 Å². The van der Waals surface area contributed by atoms with E-state index in [1.807, 2.05) is 0 Å². The highest BCUT2D eigenvalue weighted by Gasteiger charge is 2.20. The van der Waals surface area contributed by atoms with Crippen molar-refractivity contribution >= 4 is 22.7 Å². The quantitative estimate of drug-likeness (QED) is 0.164. The van der Waals surface area contributed by atoms with Crippen LogP contribution in [0, 0.1) is 29.1 Å². The smallest absolute Gasteiger partial charge is 0.346 e. The molecule has 0 atom stereocenters. The molecule has 0 N–H and O–H groups in total. The SMILES string of the molecule is O=C(Oc1ccc2cc(OC(=O)c3ccc(F)c(F)c3F)ccc2c1)c1ccc(F)c(F)c1. The summed E-state index contributed by atoms with van der Waals surface area (Å²) in [4.78, 5) is 24.3. The van der Waals surface area contributed by atoms with Gasteiger partial charge in [-0.25, -0.2) is 31.5 Å². The van der Waals surface area contributed by atoms with Crippen molar-refractivity contribution < 1.29 is 41.0 Å². The molecular formula is C24H11F5O4. The zero-order valence-electron chi connectivity index (χ0n) is 16.4. The Morgan fingerprint density at radius 2 is 1.12 bits per heavy atom. The van der Waals surface area contributed by atoms with Crippen LogP contribution in [0.2, 0.25) is 0 Å². The Morgan fingerprint density at radius 1 is 0.545 bits per heavy atom. The summed E-state index contributed by atoms with van der Waals surface area (Å²) in [5.41, 5.74) is -0.950. The third-order valence-electron chi connectivity index (χ3n) is 4.61. The zero-order chi connectivity index (χ0) is 23.7. The highest BCUT2D eigenvalue weighted by Crippen LogP contribution is 2.27. The molecule has 0 heterocycles. The lowest BCUT2D eigenvalue weighted by molar-refractivity contribution is 0.0721. The van der Waals surface area contributed by atoms with Crippen LogP contribution in [0.4, 0.5) is 22.0 Å². The minimum absolute atomic E-state index is 0.00293. The summed E-state index contributed by atoms with van der Waals surface area (Å²) in [6, 6.07) is 12.7. The van der Waals surface area contributed by atoms with E-state index >= 15 is 0 Å². The molecule has 166 valence electrons. The van der Waals surface area contributed by atoms with Gasteiger partial charge in [-0.3, -0.25) is 0 Å². The number of rotatable bonds is 4. The minimum atomic E-state index is -1.78. The van der Waals surface area contributed by atoms with Gasteiger partial charge in [-0.05, 0) is 65.4 Å². The second-order valence-corrected chi connectivity index (χ2v) is 6.80. The van der Waals surface area contributed by atoms with E-state index < -0.39 is 46.6 Å². The lowest BCUT2D eigenvalue weighted by atomic mass is 10.1. The number of benzene rings is 4. The van der Waals surface area contributed by atoms with Crippen molar-refractivity contribution in [1.82, 2.24) is 0 Å². The van der Waals surface area contributed by atoms with Gasteiger partial charge in [0.2, 0.25) is 0 Å². The summed E-state index contributed by atoms with van der Waals surface area (Å²) in [5.74, 6) is -9.16. The molecule has 0 saturated heterocycles. The molecule has 0 aliphatic carbocycles. The topological polar surface area (TPSA) is 52.6 Å². The Kier molecular flexibility index (Phi) is 5.78. The van der Waals surface area contributed by atoms with Gasteiger partial charge in [-0.15, -0.1) is 0 Å². The Labute approximate surface area is 182 Å². The third-order valence-corrected chi connectivity index (χ3v) is 4.61. The molecule has 4 aromatic carbocycles. The fraction of sp³-hybridized carbons (Fsp3) is 0. The van der Waals surface area contributed by atoms with Gasteiger partial charge in [-0.1, -0.05) is 12.1 Å². The van der Waals surface area contributed by atoms with E-state index in [4.69, 9.17) is 9.47 Å². The molecule has 0 fully saturated rings. The Bertz CT molecular complexity index is 1420. The summed E-state index contributed by atoms with van der Waals surface area (Å²) in [5, 5.41) is 1.10. The van der Waals surface area contributed by atoms with Crippen molar-refractivity contribution in [3.05, 3.63) is 107 Å². The molecule has 4 nitrogen and oxygen atoms in total. The van der Waals surface area contributed by atoms with Crippen LogP contribution in [-0.2, 0) is 0 Å². The summed E-state index contributed by atoms with van der Waals surface area (Å²) in [6.07, 6.45) is 0. The fourth-order valence-corrected chi connectivity index (χ4v) is 2.96. The second-order valence-electron chi connectivity index (χ2n) is 6.80. The maximum atomic E-state index is 13.8. The van der Waals surface area contributed by atoms with Crippen LogP contribution < -0.4 is 9.47 Å². The average Bonchev–Trinajstić information content (AvgIpc) is 2.79. The minimum Gasteiger partial charge on any atom is -0.423 e. The average molecular weight is 458 g/mol. The van der Waals surface area contributed by atoms with Gasteiger partial charge in [0.05, 0.1) is 11.1 Å². The van der Waals surface area contributed by atoms with E-state index in [-0.39, 0.29) is 17.1 Å². The summed E-state index contributed by atoms with van der Waals surface area (Å²) < 4.78 is 76.7. The first-order valence-electron chi connectivity index (χ1n) is 9.29. The number of carbonyl (C=O) groups excluding carboxylic acids is 2. The van der Waals surface area contributed by atoms with E-state index in [1.54, 1.807) is 0 Å². The highest BCUT2D eigenvalue weighted by molar-refractivity contribution is 5.93. The maximum Gasteiger partial charge on any atom is 0.346 e. The van der Waals surface area contributed by atoms with Gasteiger partial charge in [0.15, 0.2) is 29.1 Å². The highest BCUT2D eigenvalue weighted by atomic mass is 19.2. The first kappa shape index (κ1) is 21.9. The number of halogens is 5. The summed E-state index contributed by atoms with van der Waals surface area (Å²) in [7, 11) is 0. The third kappa shape index (κ3) is 4.52. The van der Waals surface area contributed by atoms with Crippen LogP contribution >= 0.6 is 0 Å². The van der Waals surface area contributed by atoms with E-state index in [9.17, 15) is 31.5 Å². The van der Waals surface area contributed by atoms with Crippen molar-refractivity contribution in [2.24, 2.45) is 0 Å². The van der Waals surface area contributed by atoms with Crippen molar-refractivity contribution in [2.45, 2.75) is 0 Å². The molecule has 0 aliphatic heterocycles. The van der Waals surface area contributed by atoms with Gasteiger partial charge < -0.3 is 9.47 Å². The lowest BCUT2D eigenvalue weighted by Gasteiger charge is -2.09. The molecule has 0 radical (unpaired) electrons. The fourth-order valence-electron chi connectivity index (χ4n) is 2.96. The van der Waals surface area contributed by atoms with E-state index in [1.165, 1.54) is 36.4 Å².